The highest BCUT2D eigenvalue weighted by Crippen LogP contribution is 2.32. The third kappa shape index (κ3) is 5.52. The molecule has 186 valence electrons. The topological polar surface area (TPSA) is 117 Å². The number of anilines is 2. The van der Waals surface area contributed by atoms with Gasteiger partial charge in [0.1, 0.15) is 11.5 Å². The molecule has 0 aliphatic rings. The van der Waals surface area contributed by atoms with Crippen molar-refractivity contribution in [3.63, 3.8) is 0 Å². The fraction of sp³-hybridized carbons (Fsp3) is 0.0385. The average Bonchev–Trinajstić information content (AvgIpc) is 3.26. The van der Waals surface area contributed by atoms with Crippen LogP contribution in [0.1, 0.15) is 0 Å². The first-order valence-electron chi connectivity index (χ1n) is 10.9. The quantitative estimate of drug-likeness (QED) is 0.228. The third-order valence-corrected chi connectivity index (χ3v) is 7.13. The summed E-state index contributed by atoms with van der Waals surface area (Å²) in [6, 6.07) is 19.0. The Morgan fingerprint density at radius 3 is 2.49 bits per heavy atom. The van der Waals surface area contributed by atoms with E-state index in [1.54, 1.807) is 54.7 Å². The maximum Gasteiger partial charge on any atom is 0.323 e. The van der Waals surface area contributed by atoms with E-state index in [0.717, 1.165) is 10.7 Å². The summed E-state index contributed by atoms with van der Waals surface area (Å²) in [4.78, 5) is 17.1. The zero-order chi connectivity index (χ0) is 26.2. The Hall–Kier alpha value is -4.09. The summed E-state index contributed by atoms with van der Waals surface area (Å²) in [5.74, 6) is -0.559. The average molecular weight is 580 g/mol. The SMILES string of the molecule is CS(=O)(=O)c1cccc(-c2cnc3[nH]nc(-c4cc(F)cc(NC(=O)Nc5cccc(Br)c5)c4)c3c2)c1. The van der Waals surface area contributed by atoms with Crippen molar-refractivity contribution in [1.29, 1.82) is 0 Å². The Kier molecular flexibility index (Phi) is 6.48. The van der Waals surface area contributed by atoms with Gasteiger partial charge < -0.3 is 10.6 Å². The molecule has 2 aromatic heterocycles. The summed E-state index contributed by atoms with van der Waals surface area (Å²) < 4.78 is 39.3. The molecule has 0 bridgehead atoms. The van der Waals surface area contributed by atoms with Crippen LogP contribution in [-0.4, -0.2) is 35.9 Å². The molecular weight excluding hydrogens is 561 g/mol. The summed E-state index contributed by atoms with van der Waals surface area (Å²) in [7, 11) is -3.38. The highest BCUT2D eigenvalue weighted by molar-refractivity contribution is 9.10. The molecule has 2 heterocycles. The molecular formula is C26H19BrFN5O3S. The van der Waals surface area contributed by atoms with Gasteiger partial charge in [0.15, 0.2) is 15.5 Å². The van der Waals surface area contributed by atoms with Crippen LogP contribution in [0.3, 0.4) is 0 Å². The maximum absolute atomic E-state index is 14.6. The first kappa shape index (κ1) is 24.6. The van der Waals surface area contributed by atoms with Gasteiger partial charge in [0, 0.05) is 44.8 Å². The Morgan fingerprint density at radius 2 is 1.70 bits per heavy atom. The molecule has 8 nitrogen and oxygen atoms in total. The second-order valence-electron chi connectivity index (χ2n) is 8.31. The van der Waals surface area contributed by atoms with Crippen LogP contribution < -0.4 is 10.6 Å². The molecule has 0 spiro atoms. The van der Waals surface area contributed by atoms with Crippen molar-refractivity contribution in [1.82, 2.24) is 15.2 Å². The van der Waals surface area contributed by atoms with Crippen molar-refractivity contribution in [2.75, 3.05) is 16.9 Å². The van der Waals surface area contributed by atoms with Crippen LogP contribution in [0, 0.1) is 5.82 Å². The lowest BCUT2D eigenvalue weighted by molar-refractivity contribution is 0.262. The molecule has 37 heavy (non-hydrogen) atoms. The van der Waals surface area contributed by atoms with Gasteiger partial charge in [-0.1, -0.05) is 34.1 Å². The van der Waals surface area contributed by atoms with Gasteiger partial charge in [-0.15, -0.1) is 0 Å². The molecule has 0 aliphatic carbocycles. The number of urea groups is 1. The van der Waals surface area contributed by atoms with Crippen molar-refractivity contribution in [2.45, 2.75) is 4.90 Å². The molecule has 0 saturated carbocycles. The lowest BCUT2D eigenvalue weighted by Gasteiger charge is -2.10. The molecule has 0 unspecified atom stereocenters. The summed E-state index contributed by atoms with van der Waals surface area (Å²) in [5.41, 5.74) is 3.47. The number of aromatic amines is 1. The van der Waals surface area contributed by atoms with E-state index in [1.807, 2.05) is 6.07 Å². The fourth-order valence-electron chi connectivity index (χ4n) is 3.85. The number of hydrogen-bond acceptors (Lipinski definition) is 5. The lowest BCUT2D eigenvalue weighted by atomic mass is 10.0. The van der Waals surface area contributed by atoms with Crippen molar-refractivity contribution in [2.24, 2.45) is 0 Å². The van der Waals surface area contributed by atoms with Crippen LogP contribution in [-0.2, 0) is 9.84 Å². The summed E-state index contributed by atoms with van der Waals surface area (Å²) in [5, 5.41) is 13.1. The molecule has 0 aliphatic heterocycles. The van der Waals surface area contributed by atoms with E-state index in [2.05, 4.69) is 41.7 Å². The Labute approximate surface area is 220 Å². The number of amides is 2. The zero-order valence-electron chi connectivity index (χ0n) is 19.3. The molecule has 5 rings (SSSR count). The summed E-state index contributed by atoms with van der Waals surface area (Å²) >= 11 is 3.35. The first-order chi connectivity index (χ1) is 17.7. The minimum absolute atomic E-state index is 0.194. The number of benzene rings is 3. The van der Waals surface area contributed by atoms with E-state index in [0.29, 0.717) is 39.1 Å². The molecule has 11 heteroatoms. The lowest BCUT2D eigenvalue weighted by Crippen LogP contribution is -2.19. The van der Waals surface area contributed by atoms with Crippen molar-refractivity contribution in [3.8, 4) is 22.4 Å². The van der Waals surface area contributed by atoms with E-state index in [4.69, 9.17) is 0 Å². The normalized spacial score (nSPS) is 11.4. The van der Waals surface area contributed by atoms with Gasteiger partial charge in [0.05, 0.1) is 4.90 Å². The van der Waals surface area contributed by atoms with Crippen LogP contribution in [0.4, 0.5) is 20.6 Å². The molecule has 3 aromatic carbocycles. The standard InChI is InChI=1S/C26H19BrFN5O3S/c1-37(35,36)22-7-2-4-15(10-22)17-11-23-24(32-33-25(23)29-14-17)16-8-19(28)13-21(9-16)31-26(34)30-20-6-3-5-18(27)12-20/h2-14H,1H3,(H,29,32,33)(H2,30,31,34). The van der Waals surface area contributed by atoms with E-state index < -0.39 is 21.7 Å². The number of nitrogens with one attached hydrogen (secondary N) is 3. The number of pyridine rings is 1. The van der Waals surface area contributed by atoms with Gasteiger partial charge in [-0.2, -0.15) is 5.10 Å². The number of H-pyrrole nitrogens is 1. The van der Waals surface area contributed by atoms with Crippen LogP contribution in [0.15, 0.2) is 88.4 Å². The molecule has 0 saturated heterocycles. The van der Waals surface area contributed by atoms with Gasteiger partial charge in [-0.3, -0.25) is 5.10 Å². The molecule has 3 N–H and O–H groups in total. The second kappa shape index (κ2) is 9.75. The number of nitrogens with zero attached hydrogens (tertiary/aromatic N) is 2. The van der Waals surface area contributed by atoms with Gasteiger partial charge in [0.2, 0.25) is 0 Å². The minimum atomic E-state index is -3.38. The van der Waals surface area contributed by atoms with E-state index >= 15 is 0 Å². The van der Waals surface area contributed by atoms with Crippen LogP contribution in [0.25, 0.3) is 33.4 Å². The molecule has 0 atom stereocenters. The predicted octanol–water partition coefficient (Wildman–Crippen LogP) is 6.24. The van der Waals surface area contributed by atoms with Gasteiger partial charge >= 0.3 is 6.03 Å². The zero-order valence-corrected chi connectivity index (χ0v) is 21.7. The Balaban J connectivity index is 1.47. The van der Waals surface area contributed by atoms with Gasteiger partial charge in [0.25, 0.3) is 0 Å². The number of carbonyl (C=O) groups excluding carboxylic acids is 1. The Bertz CT molecular complexity index is 1770. The number of carbonyl (C=O) groups is 1. The highest BCUT2D eigenvalue weighted by atomic mass is 79.9. The maximum atomic E-state index is 14.6. The Morgan fingerprint density at radius 1 is 0.919 bits per heavy atom. The van der Waals surface area contributed by atoms with Gasteiger partial charge in [-0.25, -0.2) is 22.6 Å². The third-order valence-electron chi connectivity index (χ3n) is 5.52. The van der Waals surface area contributed by atoms with Crippen molar-refractivity contribution < 1.29 is 17.6 Å². The predicted molar refractivity (Wildman–Crippen MR) is 145 cm³/mol. The molecule has 2 amide bonds. The van der Waals surface area contributed by atoms with Crippen LogP contribution in [0.2, 0.25) is 0 Å². The fourth-order valence-corrected chi connectivity index (χ4v) is 4.91. The number of rotatable bonds is 5. The van der Waals surface area contributed by atoms with Gasteiger partial charge in [-0.05, 0) is 60.2 Å². The largest absolute Gasteiger partial charge is 0.323 e. The molecule has 5 aromatic rings. The molecule has 0 radical (unpaired) electrons. The first-order valence-corrected chi connectivity index (χ1v) is 13.6. The minimum Gasteiger partial charge on any atom is -0.308 e. The van der Waals surface area contributed by atoms with E-state index in [-0.39, 0.29) is 10.6 Å². The number of sulfone groups is 1. The van der Waals surface area contributed by atoms with E-state index in [9.17, 15) is 17.6 Å². The van der Waals surface area contributed by atoms with E-state index in [1.165, 1.54) is 18.2 Å². The summed E-state index contributed by atoms with van der Waals surface area (Å²) in [6.07, 6.45) is 2.76. The molecule has 0 fully saturated rings. The number of fused-ring (bicyclic) bond motifs is 1. The monoisotopic (exact) mass is 579 g/mol. The van der Waals surface area contributed by atoms with Crippen molar-refractivity contribution in [3.05, 3.63) is 89.3 Å². The van der Waals surface area contributed by atoms with Crippen molar-refractivity contribution >= 4 is 54.2 Å². The highest BCUT2D eigenvalue weighted by Gasteiger charge is 2.15. The number of hydrogen-bond donors (Lipinski definition) is 3. The van der Waals surface area contributed by atoms with Crippen LogP contribution in [0.5, 0.6) is 0 Å². The van der Waals surface area contributed by atoms with Crippen LogP contribution >= 0.6 is 15.9 Å². The second-order valence-corrected chi connectivity index (χ2v) is 11.2. The number of halogens is 2. The summed E-state index contributed by atoms with van der Waals surface area (Å²) in [6.45, 7) is 0. The number of aromatic nitrogens is 3. The smallest absolute Gasteiger partial charge is 0.308 e.